The summed E-state index contributed by atoms with van der Waals surface area (Å²) in [6.07, 6.45) is 7.41. The van der Waals surface area contributed by atoms with Crippen molar-refractivity contribution in [2.24, 2.45) is 5.92 Å². The second kappa shape index (κ2) is 6.97. The smallest absolute Gasteiger partial charge is 0.257 e. The molecule has 4 rings (SSSR count). The third-order valence-electron chi connectivity index (χ3n) is 6.07. The van der Waals surface area contributed by atoms with Gasteiger partial charge in [-0.15, -0.1) is 0 Å². The number of likely N-dealkylation sites (tertiary alicyclic amines) is 2. The second-order valence-electron chi connectivity index (χ2n) is 7.99. The highest BCUT2D eigenvalue weighted by atomic mass is 16.2. The number of carbonyl (C=O) groups is 2. The molecule has 2 amide bonds. The van der Waals surface area contributed by atoms with Crippen molar-refractivity contribution in [3.63, 3.8) is 0 Å². The molecule has 3 aliphatic rings. The van der Waals surface area contributed by atoms with Gasteiger partial charge in [-0.2, -0.15) is 0 Å². The van der Waals surface area contributed by atoms with Crippen LogP contribution in [0.15, 0.2) is 6.20 Å². The van der Waals surface area contributed by atoms with E-state index in [0.717, 1.165) is 56.7 Å². The van der Waals surface area contributed by atoms with Crippen molar-refractivity contribution >= 4 is 11.8 Å². The highest BCUT2D eigenvalue weighted by molar-refractivity contribution is 5.95. The Hall–Kier alpha value is -1.98. The molecule has 26 heavy (non-hydrogen) atoms. The molecule has 3 fully saturated rings. The molecule has 1 aromatic rings. The molecule has 0 N–H and O–H groups in total. The van der Waals surface area contributed by atoms with Gasteiger partial charge in [-0.25, -0.2) is 9.97 Å². The first-order valence-electron chi connectivity index (χ1n) is 10.0. The summed E-state index contributed by atoms with van der Waals surface area (Å²) in [5.74, 6) is 2.11. The van der Waals surface area contributed by atoms with E-state index >= 15 is 0 Å². The minimum absolute atomic E-state index is 0.0437. The van der Waals surface area contributed by atoms with Crippen molar-refractivity contribution < 1.29 is 9.59 Å². The summed E-state index contributed by atoms with van der Waals surface area (Å²) in [4.78, 5) is 38.3. The first-order chi connectivity index (χ1) is 12.6. The number of hydrogen-bond acceptors (Lipinski definition) is 4. The molecule has 0 aromatic carbocycles. The number of fused-ring (bicyclic) bond motifs is 1. The Morgan fingerprint density at radius 1 is 1.27 bits per heavy atom. The van der Waals surface area contributed by atoms with Crippen LogP contribution in [0.3, 0.4) is 0 Å². The molecule has 1 saturated carbocycles. The van der Waals surface area contributed by atoms with Gasteiger partial charge in [-0.3, -0.25) is 9.59 Å². The van der Waals surface area contributed by atoms with Gasteiger partial charge in [0, 0.05) is 44.2 Å². The van der Waals surface area contributed by atoms with E-state index in [2.05, 4.69) is 21.8 Å². The van der Waals surface area contributed by atoms with Gasteiger partial charge in [0.05, 0.1) is 11.3 Å². The summed E-state index contributed by atoms with van der Waals surface area (Å²) in [6.45, 7) is 6.31. The molecular formula is C20H28N4O2. The molecule has 1 aromatic heterocycles. The highest BCUT2D eigenvalue weighted by Gasteiger charge is 2.40. The van der Waals surface area contributed by atoms with Gasteiger partial charge in [-0.1, -0.05) is 6.92 Å². The summed E-state index contributed by atoms with van der Waals surface area (Å²) in [5, 5.41) is 0. The topological polar surface area (TPSA) is 66.4 Å². The van der Waals surface area contributed by atoms with Crippen LogP contribution in [0.5, 0.6) is 0 Å². The van der Waals surface area contributed by atoms with Crippen molar-refractivity contribution in [1.82, 2.24) is 19.8 Å². The van der Waals surface area contributed by atoms with E-state index in [0.29, 0.717) is 36.4 Å². The molecule has 0 bridgehead atoms. The predicted octanol–water partition coefficient (Wildman–Crippen LogP) is 2.53. The van der Waals surface area contributed by atoms with Gasteiger partial charge < -0.3 is 9.80 Å². The van der Waals surface area contributed by atoms with Gasteiger partial charge >= 0.3 is 0 Å². The molecule has 2 saturated heterocycles. The lowest BCUT2D eigenvalue weighted by Crippen LogP contribution is -2.57. The van der Waals surface area contributed by atoms with Crippen LogP contribution in [0.4, 0.5) is 0 Å². The zero-order valence-corrected chi connectivity index (χ0v) is 15.8. The van der Waals surface area contributed by atoms with Crippen LogP contribution < -0.4 is 0 Å². The number of carbonyl (C=O) groups excluding carboxylic acids is 2. The largest absolute Gasteiger partial charge is 0.339 e. The Labute approximate surface area is 155 Å². The summed E-state index contributed by atoms with van der Waals surface area (Å²) in [6, 6.07) is 0.301. The van der Waals surface area contributed by atoms with Gasteiger partial charge in [0.1, 0.15) is 5.82 Å². The minimum atomic E-state index is 0.0437. The molecule has 6 heteroatoms. The maximum atomic E-state index is 13.0. The lowest BCUT2D eigenvalue weighted by Gasteiger charge is -2.47. The second-order valence-corrected chi connectivity index (χ2v) is 7.99. The van der Waals surface area contributed by atoms with E-state index in [4.69, 9.17) is 0 Å². The van der Waals surface area contributed by atoms with Crippen LogP contribution in [0.25, 0.3) is 0 Å². The molecule has 140 valence electrons. The zero-order chi connectivity index (χ0) is 18.3. The van der Waals surface area contributed by atoms with E-state index < -0.39 is 0 Å². The quantitative estimate of drug-likeness (QED) is 0.831. The molecule has 1 aliphatic carbocycles. The van der Waals surface area contributed by atoms with Crippen LogP contribution in [0, 0.1) is 12.8 Å². The maximum Gasteiger partial charge on any atom is 0.257 e. The Bertz CT molecular complexity index is 716. The van der Waals surface area contributed by atoms with Crippen molar-refractivity contribution in [1.29, 1.82) is 0 Å². The monoisotopic (exact) mass is 356 g/mol. The first-order valence-corrected chi connectivity index (χ1v) is 10.0. The Balaban J connectivity index is 1.46. The van der Waals surface area contributed by atoms with E-state index in [1.807, 2.05) is 11.8 Å². The van der Waals surface area contributed by atoms with Crippen LogP contribution in [-0.2, 0) is 4.79 Å². The molecule has 0 radical (unpaired) electrons. The van der Waals surface area contributed by atoms with Crippen molar-refractivity contribution in [3.05, 3.63) is 23.3 Å². The third-order valence-corrected chi connectivity index (χ3v) is 6.07. The summed E-state index contributed by atoms with van der Waals surface area (Å²) >= 11 is 0. The number of nitrogens with zero attached hydrogens (tertiary/aromatic N) is 4. The van der Waals surface area contributed by atoms with E-state index in [-0.39, 0.29) is 11.8 Å². The van der Waals surface area contributed by atoms with Gasteiger partial charge in [0.2, 0.25) is 5.91 Å². The molecular weight excluding hydrogens is 328 g/mol. The summed E-state index contributed by atoms with van der Waals surface area (Å²) < 4.78 is 0. The third kappa shape index (κ3) is 3.21. The van der Waals surface area contributed by atoms with Gasteiger partial charge in [0.15, 0.2) is 0 Å². The fourth-order valence-corrected chi connectivity index (χ4v) is 4.47. The molecule has 6 nitrogen and oxygen atoms in total. The van der Waals surface area contributed by atoms with Crippen molar-refractivity contribution in [3.8, 4) is 0 Å². The fraction of sp³-hybridized carbons (Fsp3) is 0.700. The minimum Gasteiger partial charge on any atom is -0.339 e. The SMILES string of the molecule is CCCN1C(=O)CC[C@H]2CN(C(=O)c3cnc(C4CC4)nc3C)CC[C@H]21. The molecule has 3 heterocycles. The maximum absolute atomic E-state index is 13.0. The number of aromatic nitrogens is 2. The van der Waals surface area contributed by atoms with Crippen LogP contribution >= 0.6 is 0 Å². The Morgan fingerprint density at radius 3 is 2.77 bits per heavy atom. The summed E-state index contributed by atoms with van der Waals surface area (Å²) in [7, 11) is 0. The van der Waals surface area contributed by atoms with Crippen LogP contribution in [0.1, 0.15) is 73.2 Å². The van der Waals surface area contributed by atoms with Crippen molar-refractivity contribution in [2.75, 3.05) is 19.6 Å². The normalized spacial score (nSPS) is 26.0. The van der Waals surface area contributed by atoms with Gasteiger partial charge in [0.25, 0.3) is 5.91 Å². The number of piperidine rings is 2. The molecule has 0 spiro atoms. The Kier molecular flexibility index (Phi) is 4.67. The zero-order valence-electron chi connectivity index (χ0n) is 15.8. The molecule has 2 atom stereocenters. The summed E-state index contributed by atoms with van der Waals surface area (Å²) in [5.41, 5.74) is 1.42. The van der Waals surface area contributed by atoms with E-state index in [1.54, 1.807) is 6.20 Å². The first kappa shape index (κ1) is 17.4. The standard InChI is InChI=1S/C20H28N4O2/c1-3-9-24-17-8-10-23(12-15(17)6-7-18(24)25)20(26)16-11-21-19(14-4-5-14)22-13(16)2/h11,14-15,17H,3-10,12H2,1-2H3/t15-,17+/m0/s1. The number of rotatable bonds is 4. The highest BCUT2D eigenvalue weighted by Crippen LogP contribution is 2.38. The van der Waals surface area contributed by atoms with Crippen LogP contribution in [-0.4, -0.2) is 57.3 Å². The van der Waals surface area contributed by atoms with Crippen molar-refractivity contribution in [2.45, 2.75) is 64.3 Å². The molecule has 2 aliphatic heterocycles. The fourth-order valence-electron chi connectivity index (χ4n) is 4.47. The lowest BCUT2D eigenvalue weighted by molar-refractivity contribution is -0.140. The number of hydrogen-bond donors (Lipinski definition) is 0. The van der Waals surface area contributed by atoms with E-state index in [1.165, 1.54) is 0 Å². The van der Waals surface area contributed by atoms with E-state index in [9.17, 15) is 9.59 Å². The average Bonchev–Trinajstić information content (AvgIpc) is 3.48. The Morgan fingerprint density at radius 2 is 2.08 bits per heavy atom. The number of aryl methyl sites for hydroxylation is 1. The predicted molar refractivity (Wildman–Crippen MR) is 97.8 cm³/mol. The average molecular weight is 356 g/mol. The van der Waals surface area contributed by atoms with Crippen LogP contribution in [0.2, 0.25) is 0 Å². The van der Waals surface area contributed by atoms with Gasteiger partial charge in [-0.05, 0) is 44.9 Å². The molecule has 0 unspecified atom stereocenters. The number of amides is 2. The lowest BCUT2D eigenvalue weighted by atomic mass is 9.83.